The van der Waals surface area contributed by atoms with E-state index in [1.807, 2.05) is 43.5 Å². The van der Waals surface area contributed by atoms with Crippen molar-refractivity contribution in [2.45, 2.75) is 83.1 Å². The molecule has 5 aliphatic rings. The molecule has 214 valence electrons. The van der Waals surface area contributed by atoms with Crippen molar-refractivity contribution in [2.24, 2.45) is 28.6 Å². The molecule has 1 aromatic heterocycles. The molecule has 0 unspecified atom stereocenters. The highest BCUT2D eigenvalue weighted by Crippen LogP contribution is 2.70. The van der Waals surface area contributed by atoms with Crippen LogP contribution >= 0.6 is 0 Å². The predicted molar refractivity (Wildman–Crippen MR) is 146 cm³/mol. The Morgan fingerprint density at radius 1 is 1.20 bits per heavy atom. The van der Waals surface area contributed by atoms with Gasteiger partial charge < -0.3 is 25.4 Å². The quantitative estimate of drug-likeness (QED) is 0.499. The van der Waals surface area contributed by atoms with Crippen molar-refractivity contribution in [1.82, 2.24) is 9.78 Å². The highest BCUT2D eigenvalue weighted by atomic mass is 19.1. The van der Waals surface area contributed by atoms with Gasteiger partial charge in [-0.3, -0.25) is 4.79 Å². The van der Waals surface area contributed by atoms with Crippen molar-refractivity contribution in [1.29, 1.82) is 0 Å². The maximum absolute atomic E-state index is 16.3. The Bertz CT molecular complexity index is 1420. The number of aliphatic hydroxyl groups is 2. The molecule has 4 fully saturated rings. The van der Waals surface area contributed by atoms with Gasteiger partial charge in [0.2, 0.25) is 0 Å². The SMILES string of the molecule is CC1(C)O[C@@H]2C[C@H]3[C@@H]4C[C@H](F)C5=Cc6nn(-c7ccc(N)cc7)cc6C[C@]5(C)[C@H]4[C@@H](O)C[C@]3(C)[C@]2(C(=O)CO)O1. The van der Waals surface area contributed by atoms with Gasteiger partial charge in [-0.25, -0.2) is 9.07 Å². The standard InChI is InChI=1S/C31H38FN3O5/c1-28(2)39-26-11-20-19-9-22(32)21-10-23-16(14-35(34-23)18-7-5-17(33)6-8-18)12-29(21,3)27(19)24(37)13-30(20,4)31(26,40-28)25(38)15-36/h5-8,10,14,19-20,22,24,26-27,36-37H,9,11-13,15,33H2,1-4H3/t19-,20-,22-,24-,26+,27+,29-,30-,31+/m0/s1. The molecule has 1 saturated heterocycles. The van der Waals surface area contributed by atoms with E-state index in [1.165, 1.54) is 0 Å². The Morgan fingerprint density at radius 3 is 2.62 bits per heavy atom. The van der Waals surface area contributed by atoms with Gasteiger partial charge in [0.1, 0.15) is 12.8 Å². The number of hydrogen-bond acceptors (Lipinski definition) is 7. The van der Waals surface area contributed by atoms with E-state index in [4.69, 9.17) is 20.3 Å². The number of ketones is 1. The predicted octanol–water partition coefficient (Wildman–Crippen LogP) is 3.62. The van der Waals surface area contributed by atoms with Crippen molar-refractivity contribution in [3.8, 4) is 5.69 Å². The van der Waals surface area contributed by atoms with Gasteiger partial charge in [0.15, 0.2) is 17.2 Å². The first-order valence-corrected chi connectivity index (χ1v) is 14.3. The van der Waals surface area contributed by atoms with Gasteiger partial charge in [-0.2, -0.15) is 5.10 Å². The van der Waals surface area contributed by atoms with Crippen molar-refractivity contribution in [3.05, 3.63) is 47.3 Å². The number of fused-ring (bicyclic) bond motifs is 8. The Hall–Kier alpha value is -2.59. The van der Waals surface area contributed by atoms with E-state index < -0.39 is 53.0 Å². The number of aliphatic hydroxyl groups excluding tert-OH is 2. The molecule has 1 aromatic carbocycles. The van der Waals surface area contributed by atoms with Crippen molar-refractivity contribution >= 4 is 17.5 Å². The number of carbonyl (C=O) groups excluding carboxylic acids is 1. The Labute approximate surface area is 233 Å². The summed E-state index contributed by atoms with van der Waals surface area (Å²) < 4.78 is 30.8. The number of allylic oxidation sites excluding steroid dienone is 1. The number of nitrogens with two attached hydrogens (primary N) is 1. The van der Waals surface area contributed by atoms with Crippen molar-refractivity contribution < 1.29 is 28.9 Å². The first-order chi connectivity index (χ1) is 18.8. The highest BCUT2D eigenvalue weighted by molar-refractivity contribution is 5.91. The van der Waals surface area contributed by atoms with Gasteiger partial charge >= 0.3 is 0 Å². The van der Waals surface area contributed by atoms with E-state index in [2.05, 4.69) is 6.92 Å². The summed E-state index contributed by atoms with van der Waals surface area (Å²) in [5.74, 6) is -1.90. The number of carbonyl (C=O) groups is 1. The lowest BCUT2D eigenvalue weighted by atomic mass is 9.45. The normalized spacial score (nSPS) is 42.7. The summed E-state index contributed by atoms with van der Waals surface area (Å²) in [5, 5.41) is 26.7. The number of rotatable bonds is 3. The average Bonchev–Trinajstić information content (AvgIpc) is 3.49. The topological polar surface area (TPSA) is 120 Å². The fraction of sp³-hybridized carbons (Fsp3) is 0.613. The minimum absolute atomic E-state index is 0.104. The van der Waals surface area contributed by atoms with E-state index >= 15 is 4.39 Å². The smallest absolute Gasteiger partial charge is 0.193 e. The van der Waals surface area contributed by atoms with Crippen molar-refractivity contribution in [3.63, 3.8) is 0 Å². The molecule has 2 aromatic rings. The molecule has 0 amide bonds. The molecular formula is C31H38FN3O5. The highest BCUT2D eigenvalue weighted by Gasteiger charge is 2.77. The summed E-state index contributed by atoms with van der Waals surface area (Å²) in [6.45, 7) is 6.95. The molecule has 2 heterocycles. The lowest BCUT2D eigenvalue weighted by molar-refractivity contribution is -0.228. The van der Waals surface area contributed by atoms with Crippen LogP contribution in [0.25, 0.3) is 11.8 Å². The van der Waals surface area contributed by atoms with Gasteiger partial charge in [0, 0.05) is 22.7 Å². The van der Waals surface area contributed by atoms with Crippen LogP contribution in [0.4, 0.5) is 10.1 Å². The number of nitrogens with zero attached hydrogens (tertiary/aromatic N) is 2. The molecule has 3 saturated carbocycles. The number of nitrogen functional groups attached to an aromatic ring is 1. The number of halogens is 1. The van der Waals surface area contributed by atoms with Crippen LogP contribution in [0.15, 0.2) is 36.0 Å². The number of anilines is 1. The van der Waals surface area contributed by atoms with Crippen LogP contribution < -0.4 is 5.73 Å². The lowest BCUT2D eigenvalue weighted by Crippen LogP contribution is -2.65. The molecule has 0 radical (unpaired) electrons. The van der Waals surface area contributed by atoms with Gasteiger partial charge in [0.05, 0.1) is 23.6 Å². The number of hydrogen-bond donors (Lipinski definition) is 3. The van der Waals surface area contributed by atoms with Crippen LogP contribution in [0.2, 0.25) is 0 Å². The Morgan fingerprint density at radius 2 is 1.93 bits per heavy atom. The van der Waals surface area contributed by atoms with Gasteiger partial charge in [0.25, 0.3) is 0 Å². The lowest BCUT2D eigenvalue weighted by Gasteiger charge is -2.61. The summed E-state index contributed by atoms with van der Waals surface area (Å²) in [5.41, 5.74) is 7.08. The van der Waals surface area contributed by atoms with Crippen LogP contribution in [0, 0.1) is 28.6 Å². The molecular weight excluding hydrogens is 513 g/mol. The second kappa shape index (κ2) is 8.25. The molecule has 4 N–H and O–H groups in total. The maximum Gasteiger partial charge on any atom is 0.193 e. The van der Waals surface area contributed by atoms with Gasteiger partial charge in [-0.05, 0) is 98.8 Å². The minimum Gasteiger partial charge on any atom is -0.399 e. The number of alkyl halides is 1. The molecule has 40 heavy (non-hydrogen) atoms. The molecule has 8 nitrogen and oxygen atoms in total. The minimum atomic E-state index is -1.37. The number of aromatic nitrogens is 2. The third-order valence-electron chi connectivity index (χ3n) is 11.0. The van der Waals surface area contributed by atoms with Crippen LogP contribution in [-0.2, 0) is 20.7 Å². The van der Waals surface area contributed by atoms with E-state index in [0.29, 0.717) is 30.5 Å². The summed E-state index contributed by atoms with van der Waals surface area (Å²) in [7, 11) is 0. The fourth-order valence-electron chi connectivity index (χ4n) is 9.67. The maximum atomic E-state index is 16.3. The number of benzene rings is 1. The molecule has 9 heteroatoms. The number of Topliss-reactive ketones (excluding diaryl/α,β-unsaturated/α-hetero) is 1. The second-order valence-corrected chi connectivity index (χ2v) is 13.6. The summed E-state index contributed by atoms with van der Waals surface area (Å²) in [4.78, 5) is 13.4. The zero-order valence-electron chi connectivity index (χ0n) is 23.4. The zero-order chi connectivity index (χ0) is 28.4. The average molecular weight is 552 g/mol. The van der Waals surface area contributed by atoms with E-state index in [9.17, 15) is 15.0 Å². The monoisotopic (exact) mass is 551 g/mol. The molecule has 1 aliphatic heterocycles. The molecule has 4 aliphatic carbocycles. The fourth-order valence-corrected chi connectivity index (χ4v) is 9.67. The molecule has 9 atom stereocenters. The summed E-state index contributed by atoms with van der Waals surface area (Å²) in [6.07, 6.45) is 3.03. The van der Waals surface area contributed by atoms with Crippen LogP contribution in [0.3, 0.4) is 0 Å². The summed E-state index contributed by atoms with van der Waals surface area (Å²) in [6, 6.07) is 7.46. The third-order valence-corrected chi connectivity index (χ3v) is 11.0. The molecule has 0 spiro atoms. The molecule has 0 bridgehead atoms. The van der Waals surface area contributed by atoms with Crippen LogP contribution in [0.1, 0.15) is 58.2 Å². The van der Waals surface area contributed by atoms with Gasteiger partial charge in [-0.1, -0.05) is 13.8 Å². The number of ether oxygens (including phenoxy) is 2. The van der Waals surface area contributed by atoms with E-state index in [-0.39, 0.29) is 24.2 Å². The first kappa shape index (κ1) is 26.3. The van der Waals surface area contributed by atoms with E-state index in [1.54, 1.807) is 18.5 Å². The first-order valence-electron chi connectivity index (χ1n) is 14.3. The van der Waals surface area contributed by atoms with Gasteiger partial charge in [-0.15, -0.1) is 0 Å². The Balaban J connectivity index is 1.28. The summed E-state index contributed by atoms with van der Waals surface area (Å²) >= 11 is 0. The molecule has 7 rings (SSSR count). The Kier molecular flexibility index (Phi) is 5.42. The zero-order valence-corrected chi connectivity index (χ0v) is 23.4. The van der Waals surface area contributed by atoms with E-state index in [0.717, 1.165) is 16.9 Å². The van der Waals surface area contributed by atoms with Crippen molar-refractivity contribution in [2.75, 3.05) is 12.3 Å². The van der Waals surface area contributed by atoms with Crippen LogP contribution in [0.5, 0.6) is 0 Å². The largest absolute Gasteiger partial charge is 0.399 e. The third kappa shape index (κ3) is 3.26. The second-order valence-electron chi connectivity index (χ2n) is 13.6. The van der Waals surface area contributed by atoms with Crippen LogP contribution in [-0.4, -0.2) is 62.2 Å².